The van der Waals surface area contributed by atoms with Gasteiger partial charge in [-0.1, -0.05) is 0 Å². The van der Waals surface area contributed by atoms with Gasteiger partial charge in [-0.2, -0.15) is 0 Å². The summed E-state index contributed by atoms with van der Waals surface area (Å²) in [6, 6.07) is 0.145. The maximum Gasteiger partial charge on any atom is 0.319 e. The summed E-state index contributed by atoms with van der Waals surface area (Å²) in [5, 5.41) is 14.1. The van der Waals surface area contributed by atoms with Gasteiger partial charge in [0.15, 0.2) is 4.96 Å². The number of nitrogens with one attached hydrogen (secondary N) is 1. The number of carboxylic acids is 1. The van der Waals surface area contributed by atoms with Crippen LogP contribution in [0.15, 0.2) is 17.8 Å². The molecular formula is C13H15N3O3S. The van der Waals surface area contributed by atoms with Crippen LogP contribution in [0, 0.1) is 5.41 Å². The zero-order valence-corrected chi connectivity index (χ0v) is 11.8. The molecule has 0 aromatic carbocycles. The molecule has 1 fully saturated rings. The molecule has 0 bridgehead atoms. The number of amides is 1. The van der Waals surface area contributed by atoms with Crippen molar-refractivity contribution in [1.82, 2.24) is 14.7 Å². The van der Waals surface area contributed by atoms with Crippen LogP contribution in [0.3, 0.4) is 0 Å². The largest absolute Gasteiger partial charge is 0.480 e. The van der Waals surface area contributed by atoms with Crippen molar-refractivity contribution >= 4 is 28.2 Å². The molecule has 3 rings (SSSR count). The fraction of sp³-hybridized carbons (Fsp3) is 0.462. The van der Waals surface area contributed by atoms with Crippen molar-refractivity contribution in [3.8, 4) is 0 Å². The predicted octanol–water partition coefficient (Wildman–Crippen LogP) is 1.31. The lowest BCUT2D eigenvalue weighted by Gasteiger charge is -2.22. The molecule has 1 atom stereocenters. The summed E-state index contributed by atoms with van der Waals surface area (Å²) >= 11 is 1.48. The average Bonchev–Trinajstić information content (AvgIpc) is 2.95. The molecule has 0 aliphatic heterocycles. The van der Waals surface area contributed by atoms with E-state index in [-0.39, 0.29) is 12.5 Å². The number of carboxylic acid groups (broad SMARTS) is 1. The Morgan fingerprint density at radius 1 is 1.60 bits per heavy atom. The van der Waals surface area contributed by atoms with Gasteiger partial charge in [-0.15, -0.1) is 11.3 Å². The number of rotatable bonds is 5. The lowest BCUT2D eigenvalue weighted by Crippen LogP contribution is -2.46. The highest BCUT2D eigenvalue weighted by Crippen LogP contribution is 2.27. The number of hydrogen-bond donors (Lipinski definition) is 2. The first kappa shape index (κ1) is 13.1. The first-order valence-electron chi connectivity index (χ1n) is 6.44. The molecule has 2 aromatic heterocycles. The average molecular weight is 293 g/mol. The Morgan fingerprint density at radius 3 is 2.95 bits per heavy atom. The molecule has 0 spiro atoms. The van der Waals surface area contributed by atoms with E-state index >= 15 is 0 Å². The number of aliphatic carboxylic acids is 1. The van der Waals surface area contributed by atoms with Crippen LogP contribution in [0.25, 0.3) is 4.96 Å². The van der Waals surface area contributed by atoms with Crippen molar-refractivity contribution in [2.24, 2.45) is 5.41 Å². The van der Waals surface area contributed by atoms with E-state index in [0.29, 0.717) is 5.69 Å². The number of aromatic nitrogens is 2. The number of fused-ring (bicyclic) bond motifs is 1. The monoisotopic (exact) mass is 293 g/mol. The van der Waals surface area contributed by atoms with E-state index in [0.717, 1.165) is 17.8 Å². The maximum absolute atomic E-state index is 12.2. The number of thiazole rings is 1. The van der Waals surface area contributed by atoms with Gasteiger partial charge < -0.3 is 10.4 Å². The Morgan fingerprint density at radius 2 is 2.35 bits per heavy atom. The summed E-state index contributed by atoms with van der Waals surface area (Å²) in [6.07, 6.45) is 5.59. The number of imidazole rings is 1. The number of nitrogens with zero attached hydrogens (tertiary/aromatic N) is 2. The zero-order chi connectivity index (χ0) is 14.3. The van der Waals surface area contributed by atoms with Gasteiger partial charge in [0.25, 0.3) is 0 Å². The van der Waals surface area contributed by atoms with E-state index in [1.54, 1.807) is 6.20 Å². The van der Waals surface area contributed by atoms with Crippen molar-refractivity contribution in [3.63, 3.8) is 0 Å². The van der Waals surface area contributed by atoms with Crippen LogP contribution in [-0.4, -0.2) is 32.4 Å². The molecule has 106 valence electrons. The van der Waals surface area contributed by atoms with E-state index in [9.17, 15) is 14.7 Å². The summed E-state index contributed by atoms with van der Waals surface area (Å²) in [6.45, 7) is 1.46. The van der Waals surface area contributed by atoms with Crippen molar-refractivity contribution < 1.29 is 14.7 Å². The van der Waals surface area contributed by atoms with Crippen molar-refractivity contribution in [3.05, 3.63) is 23.5 Å². The number of carbonyl (C=O) groups is 2. The van der Waals surface area contributed by atoms with Crippen LogP contribution >= 0.6 is 11.3 Å². The minimum absolute atomic E-state index is 0.0925. The summed E-state index contributed by atoms with van der Waals surface area (Å²) in [5.74, 6) is -1.55. The second-order valence-corrected chi connectivity index (χ2v) is 6.26. The molecule has 1 aliphatic carbocycles. The Balaban J connectivity index is 1.83. The highest BCUT2D eigenvalue weighted by Gasteiger charge is 2.44. The van der Waals surface area contributed by atoms with Crippen LogP contribution in [0.2, 0.25) is 0 Å². The molecule has 1 unspecified atom stereocenters. The fourth-order valence-electron chi connectivity index (χ4n) is 2.05. The van der Waals surface area contributed by atoms with Crippen LogP contribution in [-0.2, 0) is 16.0 Å². The van der Waals surface area contributed by atoms with Gasteiger partial charge in [0.05, 0.1) is 5.69 Å². The van der Waals surface area contributed by atoms with Gasteiger partial charge in [0, 0.05) is 30.2 Å². The molecule has 1 amide bonds. The van der Waals surface area contributed by atoms with Crippen molar-refractivity contribution in [2.45, 2.75) is 32.2 Å². The van der Waals surface area contributed by atoms with Crippen molar-refractivity contribution in [2.75, 3.05) is 0 Å². The maximum atomic E-state index is 12.2. The predicted molar refractivity (Wildman–Crippen MR) is 73.7 cm³/mol. The summed E-state index contributed by atoms with van der Waals surface area (Å²) in [7, 11) is 0. The number of carbonyl (C=O) groups excluding carboxylic acids is 1. The Kier molecular flexibility index (Phi) is 3.01. The Labute approximate surface area is 119 Å². The minimum Gasteiger partial charge on any atom is -0.480 e. The van der Waals surface area contributed by atoms with E-state index in [1.807, 2.05) is 16.0 Å². The first-order chi connectivity index (χ1) is 9.49. The molecular weight excluding hydrogens is 278 g/mol. The lowest BCUT2D eigenvalue weighted by molar-refractivity contribution is -0.154. The number of hydrogen-bond acceptors (Lipinski definition) is 4. The second-order valence-electron chi connectivity index (χ2n) is 5.39. The van der Waals surface area contributed by atoms with Crippen LogP contribution in [0.1, 0.15) is 25.5 Å². The van der Waals surface area contributed by atoms with Gasteiger partial charge in [-0.05, 0) is 19.8 Å². The van der Waals surface area contributed by atoms with E-state index in [1.165, 1.54) is 18.3 Å². The molecule has 2 heterocycles. The van der Waals surface area contributed by atoms with Crippen LogP contribution in [0.5, 0.6) is 0 Å². The summed E-state index contributed by atoms with van der Waals surface area (Å²) in [5.41, 5.74) is -0.861. The molecule has 1 aliphatic rings. The third kappa shape index (κ3) is 2.29. The van der Waals surface area contributed by atoms with Gasteiger partial charge in [0.2, 0.25) is 5.91 Å². The highest BCUT2D eigenvalue weighted by atomic mass is 32.1. The molecule has 0 saturated heterocycles. The van der Waals surface area contributed by atoms with Gasteiger partial charge >= 0.3 is 5.97 Å². The third-order valence-electron chi connectivity index (χ3n) is 3.56. The van der Waals surface area contributed by atoms with Crippen molar-refractivity contribution in [1.29, 1.82) is 0 Å². The van der Waals surface area contributed by atoms with Crippen LogP contribution < -0.4 is 5.32 Å². The van der Waals surface area contributed by atoms with E-state index < -0.39 is 17.3 Å². The van der Waals surface area contributed by atoms with Gasteiger partial charge in [-0.25, -0.2) is 4.98 Å². The minimum atomic E-state index is -1.48. The molecule has 7 heteroatoms. The SMILES string of the molecule is CC(Cc1cn2ccsc2n1)(C(=O)O)C(=O)NC1CC1. The van der Waals surface area contributed by atoms with Crippen LogP contribution in [0.4, 0.5) is 0 Å². The first-order valence-corrected chi connectivity index (χ1v) is 7.32. The molecule has 0 radical (unpaired) electrons. The van der Waals surface area contributed by atoms with Gasteiger partial charge in [0.1, 0.15) is 5.41 Å². The summed E-state index contributed by atoms with van der Waals surface area (Å²) in [4.78, 5) is 28.9. The fourth-order valence-corrected chi connectivity index (χ4v) is 2.77. The molecule has 6 nitrogen and oxygen atoms in total. The van der Waals surface area contributed by atoms with E-state index in [2.05, 4.69) is 10.3 Å². The standard InChI is InChI=1S/C13H15N3O3S/c1-13(11(18)19,10(17)14-8-2-3-8)6-9-7-16-4-5-20-12(16)15-9/h4-5,7-8H,2-3,6H2,1H3,(H,14,17)(H,18,19). The Hall–Kier alpha value is -1.89. The molecule has 2 N–H and O–H groups in total. The molecule has 2 aromatic rings. The summed E-state index contributed by atoms with van der Waals surface area (Å²) < 4.78 is 1.83. The third-order valence-corrected chi connectivity index (χ3v) is 4.33. The van der Waals surface area contributed by atoms with E-state index in [4.69, 9.17) is 0 Å². The Bertz CT molecular complexity index is 645. The van der Waals surface area contributed by atoms with Gasteiger partial charge in [-0.3, -0.25) is 14.0 Å². The normalized spacial score (nSPS) is 17.9. The quantitative estimate of drug-likeness (QED) is 0.814. The highest BCUT2D eigenvalue weighted by molar-refractivity contribution is 7.15. The smallest absolute Gasteiger partial charge is 0.319 e. The molecule has 1 saturated carbocycles. The topological polar surface area (TPSA) is 83.7 Å². The lowest BCUT2D eigenvalue weighted by atomic mass is 9.84. The zero-order valence-electron chi connectivity index (χ0n) is 11.0. The second kappa shape index (κ2) is 4.59. The molecule has 20 heavy (non-hydrogen) atoms.